The molecule has 0 saturated carbocycles. The van der Waals surface area contributed by atoms with E-state index in [-0.39, 0.29) is 10.7 Å². The Morgan fingerprint density at radius 1 is 0.935 bits per heavy atom. The molecular formula is C24H20FN3O2S. The second-order valence-corrected chi connectivity index (χ2v) is 7.39. The maximum atomic E-state index is 14.4. The zero-order chi connectivity index (χ0) is 22.0. The highest BCUT2D eigenvalue weighted by molar-refractivity contribution is 7.80. The van der Waals surface area contributed by atoms with Crippen molar-refractivity contribution in [2.24, 2.45) is 0 Å². The summed E-state index contributed by atoms with van der Waals surface area (Å²) in [4.78, 5) is 29.4. The number of para-hydroxylation sites is 2. The molecule has 0 aliphatic carbocycles. The number of thiocarbonyl (C=S) groups is 1. The molecule has 1 aliphatic rings. The van der Waals surface area contributed by atoms with Gasteiger partial charge in [0.2, 0.25) is 0 Å². The van der Waals surface area contributed by atoms with Crippen LogP contribution in [0.3, 0.4) is 0 Å². The van der Waals surface area contributed by atoms with Crippen molar-refractivity contribution < 1.29 is 14.0 Å². The monoisotopic (exact) mass is 433 g/mol. The topological polar surface area (TPSA) is 45.6 Å². The Labute approximate surface area is 185 Å². The average molecular weight is 434 g/mol. The number of carbonyl (C=O) groups excluding carboxylic acids is 2. The van der Waals surface area contributed by atoms with Crippen LogP contribution < -0.4 is 4.90 Å². The minimum Gasteiger partial charge on any atom is -0.314 e. The summed E-state index contributed by atoms with van der Waals surface area (Å²) in [6, 6.07) is 18.8. The molecule has 156 valence electrons. The molecule has 0 radical (unpaired) electrons. The van der Waals surface area contributed by atoms with E-state index in [2.05, 4.69) is 0 Å². The Morgan fingerprint density at radius 3 is 2.35 bits per heavy atom. The fourth-order valence-electron chi connectivity index (χ4n) is 3.53. The summed E-state index contributed by atoms with van der Waals surface area (Å²) in [6.45, 7) is 2.33. The minimum atomic E-state index is -0.505. The lowest BCUT2D eigenvalue weighted by Gasteiger charge is -2.36. The molecule has 4 rings (SSSR count). The summed E-state index contributed by atoms with van der Waals surface area (Å²) < 4.78 is 16.0. The Morgan fingerprint density at radius 2 is 1.65 bits per heavy atom. The Bertz CT molecular complexity index is 1190. The van der Waals surface area contributed by atoms with Crippen LogP contribution in [0.1, 0.15) is 19.0 Å². The number of hydrogen-bond donors (Lipinski definition) is 0. The van der Waals surface area contributed by atoms with E-state index in [0.717, 1.165) is 0 Å². The molecule has 2 aromatic carbocycles. The third-order valence-corrected chi connectivity index (χ3v) is 5.38. The molecule has 0 atom stereocenters. The molecule has 0 spiro atoms. The van der Waals surface area contributed by atoms with Gasteiger partial charge in [0.05, 0.1) is 11.4 Å². The van der Waals surface area contributed by atoms with Crippen LogP contribution in [-0.4, -0.2) is 32.9 Å². The fourth-order valence-corrected chi connectivity index (χ4v) is 3.89. The van der Waals surface area contributed by atoms with E-state index in [1.807, 2.05) is 13.0 Å². The van der Waals surface area contributed by atoms with Crippen molar-refractivity contribution in [1.82, 2.24) is 9.47 Å². The highest BCUT2D eigenvalue weighted by Crippen LogP contribution is 2.27. The number of halogens is 1. The van der Waals surface area contributed by atoms with Gasteiger partial charge in [-0.05, 0) is 61.1 Å². The molecule has 0 unspecified atom stereocenters. The van der Waals surface area contributed by atoms with E-state index >= 15 is 0 Å². The van der Waals surface area contributed by atoms with E-state index < -0.39 is 17.6 Å². The first-order valence-corrected chi connectivity index (χ1v) is 10.3. The zero-order valence-corrected chi connectivity index (χ0v) is 17.7. The van der Waals surface area contributed by atoms with Gasteiger partial charge in [-0.1, -0.05) is 37.3 Å². The van der Waals surface area contributed by atoms with Gasteiger partial charge >= 0.3 is 0 Å². The third-order valence-electron chi connectivity index (χ3n) is 4.98. The van der Waals surface area contributed by atoms with Crippen LogP contribution in [0.4, 0.5) is 10.1 Å². The van der Waals surface area contributed by atoms with Crippen molar-refractivity contribution >= 4 is 40.9 Å². The first-order valence-electron chi connectivity index (χ1n) is 9.92. The molecule has 1 saturated heterocycles. The quantitative estimate of drug-likeness (QED) is 0.336. The second-order valence-electron chi connectivity index (χ2n) is 7.03. The maximum Gasteiger partial charge on any atom is 0.270 e. The number of rotatable bonds is 5. The summed E-state index contributed by atoms with van der Waals surface area (Å²) >= 11 is 5.50. The molecule has 5 nitrogen and oxygen atoms in total. The van der Waals surface area contributed by atoms with Gasteiger partial charge in [-0.3, -0.25) is 19.4 Å². The smallest absolute Gasteiger partial charge is 0.270 e. The van der Waals surface area contributed by atoms with Crippen LogP contribution in [0.15, 0.2) is 78.5 Å². The predicted octanol–water partition coefficient (Wildman–Crippen LogP) is 4.57. The summed E-state index contributed by atoms with van der Waals surface area (Å²) in [7, 11) is 0. The van der Waals surface area contributed by atoms with Crippen LogP contribution >= 0.6 is 12.2 Å². The van der Waals surface area contributed by atoms with Gasteiger partial charge in [0.15, 0.2) is 5.11 Å². The molecule has 1 aliphatic heterocycles. The Balaban J connectivity index is 1.82. The highest BCUT2D eigenvalue weighted by atomic mass is 32.1. The highest BCUT2D eigenvalue weighted by Gasteiger charge is 2.40. The second kappa shape index (κ2) is 8.65. The molecule has 0 N–H and O–H groups in total. The van der Waals surface area contributed by atoms with Crippen molar-refractivity contribution in [1.29, 1.82) is 0 Å². The fraction of sp³-hybridized carbons (Fsp3) is 0.125. The third kappa shape index (κ3) is 3.80. The predicted molar refractivity (Wildman–Crippen MR) is 122 cm³/mol. The number of carbonyl (C=O) groups is 2. The molecule has 2 amide bonds. The van der Waals surface area contributed by atoms with Crippen LogP contribution in [0.25, 0.3) is 11.8 Å². The van der Waals surface area contributed by atoms with Crippen molar-refractivity contribution in [2.45, 2.75) is 13.3 Å². The van der Waals surface area contributed by atoms with E-state index in [1.54, 1.807) is 65.4 Å². The Hall–Kier alpha value is -3.58. The van der Waals surface area contributed by atoms with E-state index in [9.17, 15) is 14.0 Å². The lowest BCUT2D eigenvalue weighted by Crippen LogP contribution is -2.56. The lowest BCUT2D eigenvalue weighted by atomic mass is 10.1. The molecular weight excluding hydrogens is 413 g/mol. The number of hydrogen-bond acceptors (Lipinski definition) is 3. The molecule has 3 aromatic rings. The SMILES string of the molecule is CCCN1C(=O)/C(=C\c2cccn2-c2ccccc2F)C(=O)N(c2ccccc2)C1=S. The minimum absolute atomic E-state index is 0.0257. The normalized spacial score (nSPS) is 15.8. The largest absolute Gasteiger partial charge is 0.314 e. The summed E-state index contributed by atoms with van der Waals surface area (Å²) in [5.74, 6) is -1.36. The molecule has 1 fully saturated rings. The lowest BCUT2D eigenvalue weighted by molar-refractivity contribution is -0.127. The summed E-state index contributed by atoms with van der Waals surface area (Å²) in [6.07, 6.45) is 3.87. The molecule has 2 heterocycles. The van der Waals surface area contributed by atoms with E-state index in [0.29, 0.717) is 30.0 Å². The van der Waals surface area contributed by atoms with Crippen LogP contribution in [-0.2, 0) is 9.59 Å². The maximum absolute atomic E-state index is 14.4. The van der Waals surface area contributed by atoms with Crippen molar-refractivity contribution in [2.75, 3.05) is 11.4 Å². The van der Waals surface area contributed by atoms with Crippen molar-refractivity contribution in [3.8, 4) is 5.69 Å². The van der Waals surface area contributed by atoms with E-state index in [4.69, 9.17) is 12.2 Å². The van der Waals surface area contributed by atoms with Gasteiger partial charge in [0, 0.05) is 18.4 Å². The Kier molecular flexibility index (Phi) is 5.77. The summed E-state index contributed by atoms with van der Waals surface area (Å²) in [5.41, 5.74) is 1.40. The molecule has 0 bridgehead atoms. The summed E-state index contributed by atoms with van der Waals surface area (Å²) in [5, 5.41) is 0.157. The van der Waals surface area contributed by atoms with Crippen LogP contribution in [0.2, 0.25) is 0 Å². The van der Waals surface area contributed by atoms with Crippen LogP contribution in [0.5, 0.6) is 0 Å². The molecule has 31 heavy (non-hydrogen) atoms. The van der Waals surface area contributed by atoms with E-state index in [1.165, 1.54) is 21.9 Å². The van der Waals surface area contributed by atoms with Gasteiger partial charge in [-0.2, -0.15) is 0 Å². The van der Waals surface area contributed by atoms with Gasteiger partial charge in [0.25, 0.3) is 11.8 Å². The zero-order valence-electron chi connectivity index (χ0n) is 16.9. The van der Waals surface area contributed by atoms with Gasteiger partial charge in [-0.25, -0.2) is 4.39 Å². The van der Waals surface area contributed by atoms with Gasteiger partial charge in [0.1, 0.15) is 11.4 Å². The average Bonchev–Trinajstić information content (AvgIpc) is 3.23. The first kappa shape index (κ1) is 20.7. The molecule has 1 aromatic heterocycles. The van der Waals surface area contributed by atoms with Crippen molar-refractivity contribution in [3.05, 3.63) is 90.0 Å². The van der Waals surface area contributed by atoms with Crippen molar-refractivity contribution in [3.63, 3.8) is 0 Å². The number of anilines is 1. The van der Waals surface area contributed by atoms with Gasteiger partial charge < -0.3 is 4.57 Å². The first-order chi connectivity index (χ1) is 15.0. The number of aromatic nitrogens is 1. The molecule has 7 heteroatoms. The standard InChI is InChI=1S/C24H20FN3O2S/c1-2-14-27-22(29)19(23(30)28(24(27)31)17-9-4-3-5-10-17)16-18-11-8-15-26(18)21-13-7-6-12-20(21)25/h3-13,15-16H,2,14H2,1H3/b19-16+. The number of nitrogens with zero attached hydrogens (tertiary/aromatic N) is 3. The number of amides is 2. The van der Waals surface area contributed by atoms with Crippen LogP contribution in [0, 0.1) is 5.82 Å². The number of benzene rings is 2. The van der Waals surface area contributed by atoms with Gasteiger partial charge in [-0.15, -0.1) is 0 Å².